The smallest absolute Gasteiger partial charge is 0.378 e. The lowest BCUT2D eigenvalue weighted by atomic mass is 10.2. The Bertz CT molecular complexity index is 693. The first-order valence-corrected chi connectivity index (χ1v) is 7.98. The molecular formula is C18H20O7. The van der Waals surface area contributed by atoms with E-state index in [4.69, 9.17) is 23.7 Å². The summed E-state index contributed by atoms with van der Waals surface area (Å²) >= 11 is 0. The molecule has 2 heterocycles. The Morgan fingerprint density at radius 1 is 1.28 bits per heavy atom. The lowest BCUT2D eigenvalue weighted by Gasteiger charge is -2.21. The van der Waals surface area contributed by atoms with Crippen LogP contribution in [0.25, 0.3) is 0 Å². The first-order valence-electron chi connectivity index (χ1n) is 7.98. The van der Waals surface area contributed by atoms with E-state index in [2.05, 4.69) is 0 Å². The zero-order valence-electron chi connectivity index (χ0n) is 14.3. The second-order valence-corrected chi connectivity index (χ2v) is 6.25. The number of esters is 2. The molecule has 7 nitrogen and oxygen atoms in total. The molecule has 1 aromatic carbocycles. The van der Waals surface area contributed by atoms with Crippen molar-refractivity contribution in [3.63, 3.8) is 0 Å². The normalized spacial score (nSPS) is 25.0. The SMILES string of the molecule is CC(=O)OC1=C(OCc2ccccc2)C(=O)O[C@@H]1[C@@H]1COC(C)(C)O1. The Balaban J connectivity index is 1.81. The Labute approximate surface area is 145 Å². The second-order valence-electron chi connectivity index (χ2n) is 6.25. The van der Waals surface area contributed by atoms with Crippen molar-refractivity contribution in [1.29, 1.82) is 0 Å². The molecule has 134 valence electrons. The molecule has 1 fully saturated rings. The number of rotatable bonds is 5. The summed E-state index contributed by atoms with van der Waals surface area (Å²) in [5.74, 6) is -2.15. The van der Waals surface area contributed by atoms with Crippen LogP contribution in [0.2, 0.25) is 0 Å². The van der Waals surface area contributed by atoms with Gasteiger partial charge in [-0.2, -0.15) is 0 Å². The molecular weight excluding hydrogens is 328 g/mol. The van der Waals surface area contributed by atoms with Gasteiger partial charge in [0.2, 0.25) is 11.5 Å². The first kappa shape index (κ1) is 17.4. The zero-order chi connectivity index (χ0) is 18.0. The van der Waals surface area contributed by atoms with Crippen molar-refractivity contribution >= 4 is 11.9 Å². The summed E-state index contributed by atoms with van der Waals surface area (Å²) in [6.45, 7) is 5.12. The van der Waals surface area contributed by atoms with Gasteiger partial charge >= 0.3 is 11.9 Å². The molecule has 25 heavy (non-hydrogen) atoms. The maximum atomic E-state index is 12.2. The van der Waals surface area contributed by atoms with E-state index in [1.54, 1.807) is 13.8 Å². The highest BCUT2D eigenvalue weighted by atomic mass is 16.8. The van der Waals surface area contributed by atoms with Crippen LogP contribution in [-0.2, 0) is 39.9 Å². The molecule has 1 saturated heterocycles. The van der Waals surface area contributed by atoms with Crippen molar-refractivity contribution < 1.29 is 33.3 Å². The average Bonchev–Trinajstić information content (AvgIpc) is 3.06. The van der Waals surface area contributed by atoms with Crippen LogP contribution in [0.5, 0.6) is 0 Å². The van der Waals surface area contributed by atoms with Gasteiger partial charge in [-0.3, -0.25) is 4.79 Å². The second kappa shape index (κ2) is 6.85. The first-order chi connectivity index (χ1) is 11.9. The monoisotopic (exact) mass is 348 g/mol. The van der Waals surface area contributed by atoms with Crippen LogP contribution in [0.3, 0.4) is 0 Å². The fourth-order valence-electron chi connectivity index (χ4n) is 2.68. The number of carbonyl (C=O) groups is 2. The number of ether oxygens (including phenoxy) is 5. The van der Waals surface area contributed by atoms with Crippen LogP contribution < -0.4 is 0 Å². The molecule has 0 aromatic heterocycles. The van der Waals surface area contributed by atoms with Gasteiger partial charge in [-0.05, 0) is 19.4 Å². The van der Waals surface area contributed by atoms with Gasteiger partial charge in [0.15, 0.2) is 11.9 Å². The predicted molar refractivity (Wildman–Crippen MR) is 84.8 cm³/mol. The van der Waals surface area contributed by atoms with Crippen molar-refractivity contribution in [3.05, 3.63) is 47.4 Å². The number of hydrogen-bond acceptors (Lipinski definition) is 7. The fraction of sp³-hybridized carbons (Fsp3) is 0.444. The molecule has 1 aromatic rings. The number of cyclic esters (lactones) is 1. The molecule has 0 unspecified atom stereocenters. The molecule has 2 aliphatic heterocycles. The van der Waals surface area contributed by atoms with Crippen LogP contribution in [-0.4, -0.2) is 36.5 Å². The van der Waals surface area contributed by atoms with Crippen LogP contribution in [0.1, 0.15) is 26.3 Å². The summed E-state index contributed by atoms with van der Waals surface area (Å²) in [7, 11) is 0. The third kappa shape index (κ3) is 4.00. The van der Waals surface area contributed by atoms with Gasteiger partial charge in [-0.25, -0.2) is 4.79 Å². The summed E-state index contributed by atoms with van der Waals surface area (Å²) in [5.41, 5.74) is 0.870. The fourth-order valence-corrected chi connectivity index (χ4v) is 2.68. The molecule has 2 aliphatic rings. The minimum Gasteiger partial charge on any atom is -0.479 e. The molecule has 7 heteroatoms. The lowest BCUT2D eigenvalue weighted by molar-refractivity contribution is -0.165. The van der Waals surface area contributed by atoms with E-state index in [0.29, 0.717) is 0 Å². The molecule has 0 spiro atoms. The van der Waals surface area contributed by atoms with Crippen LogP contribution in [0.15, 0.2) is 41.9 Å². The van der Waals surface area contributed by atoms with E-state index >= 15 is 0 Å². The highest BCUT2D eigenvalue weighted by Gasteiger charge is 2.48. The van der Waals surface area contributed by atoms with Gasteiger partial charge < -0.3 is 23.7 Å². The number of hydrogen-bond donors (Lipinski definition) is 0. The Morgan fingerprint density at radius 3 is 2.60 bits per heavy atom. The summed E-state index contributed by atoms with van der Waals surface area (Å²) in [6.07, 6.45) is -1.46. The zero-order valence-corrected chi connectivity index (χ0v) is 14.3. The lowest BCUT2D eigenvalue weighted by Crippen LogP contribution is -2.33. The molecule has 0 aliphatic carbocycles. The van der Waals surface area contributed by atoms with E-state index < -0.39 is 29.9 Å². The molecule has 0 radical (unpaired) electrons. The number of benzene rings is 1. The third-order valence-corrected chi connectivity index (χ3v) is 3.75. The predicted octanol–water partition coefficient (Wildman–Crippen LogP) is 2.05. The van der Waals surface area contributed by atoms with E-state index in [0.717, 1.165) is 5.56 Å². The maximum absolute atomic E-state index is 12.2. The van der Waals surface area contributed by atoms with Crippen LogP contribution >= 0.6 is 0 Å². The quantitative estimate of drug-likeness (QED) is 0.753. The van der Waals surface area contributed by atoms with Crippen molar-refractivity contribution in [2.45, 2.75) is 45.4 Å². The molecule has 2 atom stereocenters. The van der Waals surface area contributed by atoms with E-state index in [9.17, 15) is 9.59 Å². The van der Waals surface area contributed by atoms with Crippen LogP contribution in [0.4, 0.5) is 0 Å². The van der Waals surface area contributed by atoms with Gasteiger partial charge in [0.1, 0.15) is 12.7 Å². The largest absolute Gasteiger partial charge is 0.479 e. The summed E-state index contributed by atoms with van der Waals surface area (Å²) in [6, 6.07) is 9.33. The van der Waals surface area contributed by atoms with Gasteiger partial charge in [-0.1, -0.05) is 30.3 Å². The van der Waals surface area contributed by atoms with E-state index in [1.165, 1.54) is 6.92 Å². The van der Waals surface area contributed by atoms with E-state index in [1.807, 2.05) is 30.3 Å². The van der Waals surface area contributed by atoms with Gasteiger partial charge in [0, 0.05) is 6.92 Å². The Kier molecular flexibility index (Phi) is 4.78. The third-order valence-electron chi connectivity index (χ3n) is 3.75. The molecule has 0 bridgehead atoms. The maximum Gasteiger partial charge on any atom is 0.378 e. The minimum absolute atomic E-state index is 0.0275. The van der Waals surface area contributed by atoms with E-state index in [-0.39, 0.29) is 24.7 Å². The van der Waals surface area contributed by atoms with Crippen LogP contribution in [0, 0.1) is 0 Å². The molecule has 0 amide bonds. The van der Waals surface area contributed by atoms with Gasteiger partial charge in [-0.15, -0.1) is 0 Å². The summed E-state index contributed by atoms with van der Waals surface area (Å²) in [5, 5.41) is 0. The highest BCUT2D eigenvalue weighted by molar-refractivity contribution is 5.90. The highest BCUT2D eigenvalue weighted by Crippen LogP contribution is 2.34. The molecule has 0 saturated carbocycles. The Hall–Kier alpha value is -2.38. The standard InChI is InChI=1S/C18H20O7/c1-11(19)23-15-14(13-10-22-18(2,3)25-13)24-17(20)16(15)21-9-12-7-5-4-6-8-12/h4-8,13-14H,9-10H2,1-3H3/t13-,14+/m0/s1. The van der Waals surface area contributed by atoms with Crippen molar-refractivity contribution in [1.82, 2.24) is 0 Å². The number of carbonyl (C=O) groups excluding carboxylic acids is 2. The van der Waals surface area contributed by atoms with Gasteiger partial charge in [0.05, 0.1) is 6.61 Å². The van der Waals surface area contributed by atoms with Gasteiger partial charge in [0.25, 0.3) is 0 Å². The van der Waals surface area contributed by atoms with Crippen molar-refractivity contribution in [2.24, 2.45) is 0 Å². The molecule has 0 N–H and O–H groups in total. The average molecular weight is 348 g/mol. The summed E-state index contributed by atoms with van der Waals surface area (Å²) in [4.78, 5) is 23.7. The minimum atomic E-state index is -0.885. The molecule has 3 rings (SSSR count). The summed E-state index contributed by atoms with van der Waals surface area (Å²) < 4.78 is 27.4. The topological polar surface area (TPSA) is 80.3 Å². The Morgan fingerprint density at radius 2 is 2.00 bits per heavy atom. The van der Waals surface area contributed by atoms with Crippen molar-refractivity contribution in [2.75, 3.05) is 6.61 Å². The van der Waals surface area contributed by atoms with Crippen molar-refractivity contribution in [3.8, 4) is 0 Å².